The van der Waals surface area contributed by atoms with Gasteiger partial charge in [0.25, 0.3) is 0 Å². The molecule has 1 aliphatic rings. The average Bonchev–Trinajstić information content (AvgIpc) is 2.89. The van der Waals surface area contributed by atoms with E-state index in [1.54, 1.807) is 6.07 Å². The van der Waals surface area contributed by atoms with Gasteiger partial charge >= 0.3 is 0 Å². The molecule has 0 spiro atoms. The lowest BCUT2D eigenvalue weighted by Gasteiger charge is -2.22. The Morgan fingerprint density at radius 2 is 2.14 bits per heavy atom. The number of hydrogen-bond donors (Lipinski definition) is 1. The number of benzene rings is 1. The molecule has 1 aromatic carbocycles. The van der Waals surface area contributed by atoms with Crippen molar-refractivity contribution in [2.24, 2.45) is 5.73 Å². The topological polar surface area (TPSA) is 55.0 Å². The molecule has 0 bridgehead atoms. The van der Waals surface area contributed by atoms with Crippen LogP contribution in [0.5, 0.6) is 0 Å². The summed E-state index contributed by atoms with van der Waals surface area (Å²) in [5, 5.41) is 0. The molecule has 5 heteroatoms. The largest absolute Gasteiger partial charge is 0.338 e. The number of nitrogens with zero attached hydrogens (tertiary/aromatic N) is 3. The molecule has 110 valence electrons. The maximum atomic E-state index is 13.5. The molecule has 3 rings (SSSR count). The van der Waals surface area contributed by atoms with Crippen molar-refractivity contribution in [2.45, 2.75) is 32.7 Å². The Labute approximate surface area is 123 Å². The van der Waals surface area contributed by atoms with E-state index in [1.165, 1.54) is 6.07 Å². The number of hydrogen-bond acceptors (Lipinski definition) is 4. The number of rotatable bonds is 3. The van der Waals surface area contributed by atoms with Gasteiger partial charge in [0, 0.05) is 24.7 Å². The number of fused-ring (bicyclic) bond motifs is 1. The van der Waals surface area contributed by atoms with E-state index in [2.05, 4.69) is 28.7 Å². The van der Waals surface area contributed by atoms with Crippen molar-refractivity contribution in [1.29, 1.82) is 0 Å². The molecule has 0 atom stereocenters. The predicted molar refractivity (Wildman–Crippen MR) is 81.1 cm³/mol. The average molecular weight is 286 g/mol. The summed E-state index contributed by atoms with van der Waals surface area (Å²) < 4.78 is 13.5. The van der Waals surface area contributed by atoms with E-state index < -0.39 is 0 Å². The second kappa shape index (κ2) is 5.41. The van der Waals surface area contributed by atoms with Gasteiger partial charge in [-0.2, -0.15) is 0 Å². The fourth-order valence-corrected chi connectivity index (χ4v) is 2.68. The molecule has 21 heavy (non-hydrogen) atoms. The van der Waals surface area contributed by atoms with Crippen molar-refractivity contribution in [2.75, 3.05) is 11.4 Å². The first-order valence-corrected chi connectivity index (χ1v) is 7.22. The second-order valence-corrected chi connectivity index (χ2v) is 5.59. The molecular weight excluding hydrogens is 267 g/mol. The zero-order valence-corrected chi connectivity index (χ0v) is 12.3. The van der Waals surface area contributed by atoms with Gasteiger partial charge in [-0.3, -0.25) is 0 Å². The molecule has 0 saturated heterocycles. The summed E-state index contributed by atoms with van der Waals surface area (Å²) in [7, 11) is 0. The number of nitrogens with two attached hydrogens (primary N) is 1. The van der Waals surface area contributed by atoms with Crippen LogP contribution in [0.2, 0.25) is 0 Å². The Kier molecular flexibility index (Phi) is 3.59. The van der Waals surface area contributed by atoms with E-state index in [0.29, 0.717) is 6.54 Å². The molecule has 2 heterocycles. The molecule has 1 aromatic heterocycles. The van der Waals surface area contributed by atoms with E-state index in [9.17, 15) is 4.39 Å². The Balaban J connectivity index is 2.05. The van der Waals surface area contributed by atoms with Crippen molar-refractivity contribution in [3.8, 4) is 0 Å². The minimum atomic E-state index is -0.227. The van der Waals surface area contributed by atoms with Gasteiger partial charge in [0.05, 0.1) is 17.6 Å². The summed E-state index contributed by atoms with van der Waals surface area (Å²) in [5.74, 6) is 0.820. The van der Waals surface area contributed by atoms with Gasteiger partial charge in [0.1, 0.15) is 11.6 Å². The van der Waals surface area contributed by atoms with E-state index in [0.717, 1.165) is 41.4 Å². The zero-order valence-electron chi connectivity index (χ0n) is 12.3. The van der Waals surface area contributed by atoms with Crippen molar-refractivity contribution in [3.63, 3.8) is 0 Å². The molecule has 0 radical (unpaired) electrons. The third kappa shape index (κ3) is 2.49. The normalized spacial score (nSPS) is 13.9. The third-order valence-corrected chi connectivity index (χ3v) is 3.81. The lowest BCUT2D eigenvalue weighted by Crippen LogP contribution is -2.19. The van der Waals surface area contributed by atoms with E-state index in [1.807, 2.05) is 12.3 Å². The van der Waals surface area contributed by atoms with Crippen molar-refractivity contribution < 1.29 is 4.39 Å². The number of halogens is 1. The molecule has 0 fully saturated rings. The lowest BCUT2D eigenvalue weighted by atomic mass is 10.1. The summed E-state index contributed by atoms with van der Waals surface area (Å²) in [6, 6.07) is 4.92. The summed E-state index contributed by atoms with van der Waals surface area (Å²) in [5.41, 5.74) is 9.58. The molecule has 0 unspecified atom stereocenters. The van der Waals surface area contributed by atoms with E-state index >= 15 is 0 Å². The van der Waals surface area contributed by atoms with Crippen molar-refractivity contribution in [3.05, 3.63) is 47.3 Å². The molecule has 2 N–H and O–H groups in total. The fourth-order valence-electron chi connectivity index (χ4n) is 2.68. The highest BCUT2D eigenvalue weighted by atomic mass is 19.1. The quantitative estimate of drug-likeness (QED) is 0.942. The van der Waals surface area contributed by atoms with Crippen LogP contribution in [-0.2, 0) is 13.0 Å². The minimum Gasteiger partial charge on any atom is -0.338 e. The van der Waals surface area contributed by atoms with Crippen LogP contribution in [-0.4, -0.2) is 16.5 Å². The summed E-state index contributed by atoms with van der Waals surface area (Å²) in [4.78, 5) is 11.0. The zero-order chi connectivity index (χ0) is 15.0. The van der Waals surface area contributed by atoms with Crippen LogP contribution in [0.25, 0.3) is 0 Å². The molecule has 0 saturated carbocycles. The Morgan fingerprint density at radius 1 is 1.33 bits per heavy atom. The van der Waals surface area contributed by atoms with Crippen LogP contribution >= 0.6 is 0 Å². The fraction of sp³-hybridized carbons (Fsp3) is 0.375. The first-order valence-electron chi connectivity index (χ1n) is 7.22. The maximum Gasteiger partial charge on any atom is 0.131 e. The van der Waals surface area contributed by atoms with Gasteiger partial charge in [0.2, 0.25) is 0 Å². The monoisotopic (exact) mass is 286 g/mol. The highest BCUT2D eigenvalue weighted by molar-refractivity contribution is 5.70. The number of aromatic nitrogens is 2. The number of anilines is 2. The van der Waals surface area contributed by atoms with Crippen LogP contribution in [0.3, 0.4) is 0 Å². The predicted octanol–water partition coefficient (Wildman–Crippen LogP) is 2.89. The van der Waals surface area contributed by atoms with Crippen LogP contribution < -0.4 is 10.6 Å². The lowest BCUT2D eigenvalue weighted by molar-refractivity contribution is 0.628. The maximum absolute atomic E-state index is 13.5. The van der Waals surface area contributed by atoms with E-state index in [-0.39, 0.29) is 11.7 Å². The van der Waals surface area contributed by atoms with Gasteiger partial charge in [-0.15, -0.1) is 0 Å². The molecule has 4 nitrogen and oxygen atoms in total. The van der Waals surface area contributed by atoms with Crippen molar-refractivity contribution in [1.82, 2.24) is 9.97 Å². The van der Waals surface area contributed by atoms with Gasteiger partial charge in [0.15, 0.2) is 0 Å². The molecule has 1 aliphatic heterocycles. The Morgan fingerprint density at radius 3 is 2.86 bits per heavy atom. The molecule has 0 aliphatic carbocycles. The highest BCUT2D eigenvalue weighted by Gasteiger charge is 2.24. The summed E-state index contributed by atoms with van der Waals surface area (Å²) in [6.45, 7) is 5.25. The van der Waals surface area contributed by atoms with Gasteiger partial charge in [-0.05, 0) is 24.1 Å². The van der Waals surface area contributed by atoms with Gasteiger partial charge < -0.3 is 10.6 Å². The smallest absolute Gasteiger partial charge is 0.131 e. The van der Waals surface area contributed by atoms with Crippen LogP contribution in [0.4, 0.5) is 15.8 Å². The Hall–Kier alpha value is -2.01. The van der Waals surface area contributed by atoms with Gasteiger partial charge in [-0.25, -0.2) is 14.4 Å². The molecule has 2 aromatic rings. The summed E-state index contributed by atoms with van der Waals surface area (Å²) >= 11 is 0. The van der Waals surface area contributed by atoms with Crippen LogP contribution in [0.1, 0.15) is 36.8 Å². The highest BCUT2D eigenvalue weighted by Crippen LogP contribution is 2.36. The van der Waals surface area contributed by atoms with Gasteiger partial charge in [-0.1, -0.05) is 19.9 Å². The van der Waals surface area contributed by atoms with Crippen LogP contribution in [0.15, 0.2) is 24.4 Å². The first kappa shape index (κ1) is 13.9. The standard InChI is InChI=1S/C16H19FN4/c1-10(2)16-19-9-15(13(8-18)20-16)21-6-5-11-3-4-12(17)7-14(11)21/h3-4,7,9-10H,5-6,8,18H2,1-2H3. The molecule has 0 amide bonds. The first-order chi connectivity index (χ1) is 10.1. The van der Waals surface area contributed by atoms with Crippen LogP contribution in [0, 0.1) is 5.82 Å². The SMILES string of the molecule is CC(C)c1ncc(N2CCc3ccc(F)cc32)c(CN)n1. The molecular formula is C16H19FN4. The third-order valence-electron chi connectivity index (χ3n) is 3.81. The van der Waals surface area contributed by atoms with Crippen molar-refractivity contribution >= 4 is 11.4 Å². The minimum absolute atomic E-state index is 0.227. The summed E-state index contributed by atoms with van der Waals surface area (Å²) in [6.07, 6.45) is 2.70. The Bertz CT molecular complexity index is 669. The van der Waals surface area contributed by atoms with E-state index in [4.69, 9.17) is 5.73 Å². The second-order valence-electron chi connectivity index (χ2n) is 5.59.